The Morgan fingerprint density at radius 3 is 2.96 bits per heavy atom. The number of carbonyl (C=O) groups excluding carboxylic acids is 1. The molecule has 8 nitrogen and oxygen atoms in total. The van der Waals surface area contributed by atoms with Crippen molar-refractivity contribution in [2.45, 2.75) is 25.9 Å². The maximum Gasteiger partial charge on any atom is 0.239 e. The first-order chi connectivity index (χ1) is 11.8. The molecule has 2 aromatic rings. The van der Waals surface area contributed by atoms with Gasteiger partial charge in [-0.15, -0.1) is 0 Å². The number of hydrogen-bond donors (Lipinski definition) is 1. The number of aromatic nitrogens is 2. The number of furan rings is 1. The van der Waals surface area contributed by atoms with Crippen LogP contribution in [-0.2, 0) is 21.2 Å². The summed E-state index contributed by atoms with van der Waals surface area (Å²) in [5, 5.41) is 7.20. The fourth-order valence-electron chi connectivity index (χ4n) is 3.01. The Labute approximate surface area is 146 Å². The fourth-order valence-corrected chi connectivity index (χ4v) is 4.70. The van der Waals surface area contributed by atoms with Crippen LogP contribution in [0.4, 0.5) is 5.82 Å². The van der Waals surface area contributed by atoms with E-state index in [-0.39, 0.29) is 30.0 Å². The van der Waals surface area contributed by atoms with Crippen molar-refractivity contribution in [3.63, 3.8) is 0 Å². The van der Waals surface area contributed by atoms with Crippen LogP contribution in [0.2, 0.25) is 0 Å². The highest BCUT2D eigenvalue weighted by Gasteiger charge is 2.31. The zero-order valence-corrected chi connectivity index (χ0v) is 15.1. The van der Waals surface area contributed by atoms with Crippen molar-refractivity contribution < 1.29 is 17.6 Å². The summed E-state index contributed by atoms with van der Waals surface area (Å²) in [7, 11) is -1.19. The summed E-state index contributed by atoms with van der Waals surface area (Å²) in [5.41, 5.74) is 0.739. The molecule has 0 radical (unpaired) electrons. The lowest BCUT2D eigenvalue weighted by atomic mass is 10.3. The summed E-state index contributed by atoms with van der Waals surface area (Å²) in [4.78, 5) is 14.1. The number of carbonyl (C=O) groups is 1. The Hall–Kier alpha value is -2.13. The molecule has 2 aromatic heterocycles. The van der Waals surface area contributed by atoms with E-state index in [0.29, 0.717) is 18.8 Å². The topological polar surface area (TPSA) is 97.4 Å². The van der Waals surface area contributed by atoms with Crippen LogP contribution < -0.4 is 5.32 Å². The van der Waals surface area contributed by atoms with E-state index in [1.165, 1.54) is 0 Å². The molecule has 1 aliphatic rings. The molecule has 0 aromatic carbocycles. The molecule has 3 rings (SSSR count). The number of likely N-dealkylation sites (N-methyl/N-ethyl adjacent to an activating group) is 1. The zero-order chi connectivity index (χ0) is 18.0. The second-order valence-corrected chi connectivity index (χ2v) is 8.70. The van der Waals surface area contributed by atoms with Gasteiger partial charge in [-0.2, -0.15) is 5.10 Å². The summed E-state index contributed by atoms with van der Waals surface area (Å²) < 4.78 is 30.3. The first-order valence-electron chi connectivity index (χ1n) is 8.10. The highest BCUT2D eigenvalue weighted by molar-refractivity contribution is 7.91. The van der Waals surface area contributed by atoms with Crippen LogP contribution in [0.3, 0.4) is 0 Å². The third-order valence-corrected chi connectivity index (χ3v) is 5.85. The molecule has 136 valence electrons. The molecule has 1 aliphatic heterocycles. The molecule has 1 unspecified atom stereocenters. The van der Waals surface area contributed by atoms with Crippen LogP contribution in [0.25, 0.3) is 0 Å². The summed E-state index contributed by atoms with van der Waals surface area (Å²) >= 11 is 0. The first-order valence-corrected chi connectivity index (χ1v) is 9.92. The third kappa shape index (κ3) is 4.49. The summed E-state index contributed by atoms with van der Waals surface area (Å²) in [5.74, 6) is 1.37. The van der Waals surface area contributed by atoms with Crippen LogP contribution in [0, 0.1) is 6.92 Å². The molecule has 9 heteroatoms. The minimum absolute atomic E-state index is 0.0649. The maximum atomic E-state index is 12.3. The predicted molar refractivity (Wildman–Crippen MR) is 92.9 cm³/mol. The van der Waals surface area contributed by atoms with E-state index in [1.54, 1.807) is 23.1 Å². The van der Waals surface area contributed by atoms with Gasteiger partial charge in [-0.05, 0) is 32.5 Å². The molecule has 0 saturated carbocycles. The van der Waals surface area contributed by atoms with E-state index in [2.05, 4.69) is 10.4 Å². The molecule has 0 spiro atoms. The van der Waals surface area contributed by atoms with Crippen LogP contribution in [0.5, 0.6) is 0 Å². The van der Waals surface area contributed by atoms with Crippen molar-refractivity contribution in [1.29, 1.82) is 0 Å². The Morgan fingerprint density at radius 1 is 1.52 bits per heavy atom. The molecule has 1 N–H and O–H groups in total. The van der Waals surface area contributed by atoms with E-state index in [4.69, 9.17) is 4.42 Å². The smallest absolute Gasteiger partial charge is 0.239 e. The van der Waals surface area contributed by atoms with Gasteiger partial charge in [0.15, 0.2) is 9.84 Å². The fraction of sp³-hybridized carbons (Fsp3) is 0.500. The van der Waals surface area contributed by atoms with Gasteiger partial charge in [-0.1, -0.05) is 0 Å². The molecule has 1 atom stereocenters. The number of nitrogens with one attached hydrogen (secondary N) is 1. The van der Waals surface area contributed by atoms with Gasteiger partial charge in [-0.3, -0.25) is 9.69 Å². The lowest BCUT2D eigenvalue weighted by molar-refractivity contribution is -0.117. The Kier molecular flexibility index (Phi) is 4.96. The van der Waals surface area contributed by atoms with Gasteiger partial charge in [0.1, 0.15) is 11.6 Å². The molecular formula is C16H22N4O4S. The average molecular weight is 366 g/mol. The van der Waals surface area contributed by atoms with Gasteiger partial charge in [0.2, 0.25) is 5.91 Å². The third-order valence-electron chi connectivity index (χ3n) is 4.10. The second-order valence-electron chi connectivity index (χ2n) is 6.47. The lowest BCUT2D eigenvalue weighted by Crippen LogP contribution is -2.30. The van der Waals surface area contributed by atoms with Crippen molar-refractivity contribution >= 4 is 21.6 Å². The van der Waals surface area contributed by atoms with Crippen molar-refractivity contribution in [2.75, 3.05) is 30.4 Å². The monoisotopic (exact) mass is 366 g/mol. The van der Waals surface area contributed by atoms with Gasteiger partial charge in [0.05, 0.1) is 42.6 Å². The van der Waals surface area contributed by atoms with E-state index in [1.807, 2.05) is 24.9 Å². The van der Waals surface area contributed by atoms with Crippen LogP contribution in [0.15, 0.2) is 28.9 Å². The number of anilines is 1. The highest BCUT2D eigenvalue weighted by atomic mass is 32.2. The molecule has 0 aliphatic carbocycles. The lowest BCUT2D eigenvalue weighted by Gasteiger charge is -2.17. The minimum Gasteiger partial charge on any atom is -0.468 e. The summed E-state index contributed by atoms with van der Waals surface area (Å²) in [6.45, 7) is 2.53. The van der Waals surface area contributed by atoms with E-state index < -0.39 is 9.84 Å². The molecule has 3 heterocycles. The normalized spacial score (nSPS) is 19.4. The minimum atomic E-state index is -3.02. The van der Waals surface area contributed by atoms with Gasteiger partial charge >= 0.3 is 0 Å². The second kappa shape index (κ2) is 7.01. The quantitative estimate of drug-likeness (QED) is 0.825. The van der Waals surface area contributed by atoms with Gasteiger partial charge in [0, 0.05) is 6.07 Å². The number of rotatable bonds is 6. The molecular weight excluding hydrogens is 344 g/mol. The SMILES string of the molecule is Cc1cc(NC(=O)CN(C)Cc2ccco2)n(C2CCS(=O)(=O)C2)n1. The standard InChI is InChI=1S/C16H22N4O4S/c1-12-8-15(20(18-12)13-5-7-25(22,23)11-13)17-16(21)10-19(2)9-14-4-3-6-24-14/h3-4,6,8,13H,5,7,9-11H2,1-2H3,(H,17,21). The van der Waals surface area contributed by atoms with E-state index in [0.717, 1.165) is 11.5 Å². The van der Waals surface area contributed by atoms with E-state index in [9.17, 15) is 13.2 Å². The van der Waals surface area contributed by atoms with Crippen LogP contribution >= 0.6 is 0 Å². The first kappa shape index (κ1) is 17.7. The molecule has 1 saturated heterocycles. The van der Waals surface area contributed by atoms with Gasteiger partial charge in [0.25, 0.3) is 0 Å². The molecule has 1 amide bonds. The Balaban J connectivity index is 1.63. The van der Waals surface area contributed by atoms with Gasteiger partial charge < -0.3 is 9.73 Å². The largest absolute Gasteiger partial charge is 0.468 e. The van der Waals surface area contributed by atoms with Crippen molar-refractivity contribution in [1.82, 2.24) is 14.7 Å². The van der Waals surface area contributed by atoms with E-state index >= 15 is 0 Å². The Bertz CT molecular complexity index is 842. The summed E-state index contributed by atoms with van der Waals surface area (Å²) in [6, 6.07) is 5.19. The average Bonchev–Trinajstić information content (AvgIpc) is 3.20. The van der Waals surface area contributed by atoms with Gasteiger partial charge in [-0.25, -0.2) is 13.1 Å². The predicted octanol–water partition coefficient (Wildman–Crippen LogP) is 1.21. The summed E-state index contributed by atoms with van der Waals surface area (Å²) in [6.07, 6.45) is 2.12. The number of nitrogens with zero attached hydrogens (tertiary/aromatic N) is 3. The Morgan fingerprint density at radius 2 is 2.32 bits per heavy atom. The zero-order valence-electron chi connectivity index (χ0n) is 14.3. The molecule has 25 heavy (non-hydrogen) atoms. The highest BCUT2D eigenvalue weighted by Crippen LogP contribution is 2.27. The van der Waals surface area contributed by atoms with Crippen molar-refractivity contribution in [2.24, 2.45) is 0 Å². The molecule has 1 fully saturated rings. The number of amides is 1. The van der Waals surface area contributed by atoms with Crippen molar-refractivity contribution in [3.05, 3.63) is 35.9 Å². The van der Waals surface area contributed by atoms with Crippen LogP contribution in [0.1, 0.15) is 23.9 Å². The number of sulfone groups is 1. The van der Waals surface area contributed by atoms with Crippen molar-refractivity contribution in [3.8, 4) is 0 Å². The number of aryl methyl sites for hydroxylation is 1. The number of hydrogen-bond acceptors (Lipinski definition) is 6. The maximum absolute atomic E-state index is 12.3. The molecule has 0 bridgehead atoms. The van der Waals surface area contributed by atoms with Crippen LogP contribution in [-0.4, -0.2) is 54.1 Å².